The van der Waals surface area contributed by atoms with E-state index in [0.717, 1.165) is 53.0 Å². The maximum atomic E-state index is 13.4. The molecule has 8 aromatic rings. The van der Waals surface area contributed by atoms with Crippen molar-refractivity contribution in [3.8, 4) is 5.75 Å². The van der Waals surface area contributed by atoms with Crippen LogP contribution in [0.2, 0.25) is 20.2 Å². The van der Waals surface area contributed by atoms with Crippen LogP contribution in [0.1, 0.15) is 265 Å². The lowest BCUT2D eigenvalue weighted by molar-refractivity contribution is -0.138. The summed E-state index contributed by atoms with van der Waals surface area (Å²) < 4.78 is 175. The highest BCUT2D eigenvalue weighted by molar-refractivity contribution is 9.10. The minimum atomic E-state index is -4.69. The number of alkyl halides is 6. The normalized spacial score (nSPS) is 12.2. The molecule has 0 saturated heterocycles. The van der Waals surface area contributed by atoms with Gasteiger partial charge in [-0.3, -0.25) is 48.1 Å². The molecule has 2 heterocycles. The summed E-state index contributed by atoms with van der Waals surface area (Å²) >= 11 is 26.5. The number of phenols is 1. The predicted octanol–water partition coefficient (Wildman–Crippen LogP) is 26.8. The molecular weight excluding hydrogens is 1890 g/mol. The zero-order valence-corrected chi connectivity index (χ0v) is 81.7. The van der Waals surface area contributed by atoms with Crippen LogP contribution >= 0.6 is 62.3 Å². The number of aromatic hydroxyl groups is 1. The van der Waals surface area contributed by atoms with Gasteiger partial charge in [0.15, 0.2) is 80.5 Å². The zero-order chi connectivity index (χ0) is 102. The Balaban J connectivity index is 0.000000744. The number of rotatable bonds is 15. The Labute approximate surface area is 779 Å². The highest BCUT2D eigenvalue weighted by Crippen LogP contribution is 2.39. The number of pyridine rings is 2. The van der Waals surface area contributed by atoms with E-state index in [1.165, 1.54) is 69.3 Å². The summed E-state index contributed by atoms with van der Waals surface area (Å²) in [6.45, 7) is 41.7. The quantitative estimate of drug-likeness (QED) is 0.0141. The molecule has 0 saturated carbocycles. The van der Waals surface area contributed by atoms with E-state index in [4.69, 9.17) is 63.0 Å². The topological polar surface area (TPSA) is 306 Å². The minimum absolute atomic E-state index is 0.0146. The van der Waals surface area contributed by atoms with Crippen LogP contribution in [0.15, 0.2) is 149 Å². The van der Waals surface area contributed by atoms with Gasteiger partial charge in [0.1, 0.15) is 34.1 Å². The summed E-state index contributed by atoms with van der Waals surface area (Å²) in [5.74, 6) is -9.73. The number of hydrogen-bond donors (Lipinski definition) is 4. The number of carbonyl (C=O) groups excluding carboxylic acids is 9. The monoisotopic (exact) mass is 1990 g/mol. The third kappa shape index (κ3) is 38.7. The van der Waals surface area contributed by atoms with Crippen LogP contribution in [0.3, 0.4) is 0 Å². The second-order valence-corrected chi connectivity index (χ2v) is 41.3. The summed E-state index contributed by atoms with van der Waals surface area (Å²) in [6.07, 6.45) is -3.22. The van der Waals surface area contributed by atoms with E-state index in [9.17, 15) is 109 Å². The molecule has 0 spiro atoms. The predicted molar refractivity (Wildman–Crippen MR) is 488 cm³/mol. The van der Waals surface area contributed by atoms with Crippen LogP contribution in [0.4, 0.5) is 63.6 Å². The second-order valence-electron chi connectivity index (χ2n) is 37.5. The van der Waals surface area contributed by atoms with Crippen LogP contribution in [0.5, 0.6) is 5.75 Å². The van der Waals surface area contributed by atoms with Gasteiger partial charge >= 0.3 is 22.6 Å². The largest absolute Gasteiger partial charge is 0.505 e. The first-order valence-corrected chi connectivity index (χ1v) is 43.1. The number of aromatic nitrogens is 2. The molecule has 0 aliphatic rings. The molecule has 0 amide bonds. The number of nitrogens with two attached hydrogens (primary N) is 2. The zero-order valence-electron chi connectivity index (χ0n) is 76.3. The van der Waals surface area contributed by atoms with E-state index in [1.807, 2.05) is 62.3 Å². The SMILES string of the molecule is CC(C)(C)C(=O)/C=C/c1ccc(C(F)(F)F)cc1.CC(C)(C)C(=O)C(O)c1ccc(C(F)(F)F)cc1.CC(C)(C)C(=O)CCC(=O)c1ccc(Cl)cc1.CC(C)(C)C(=O)Cc1ccc(O)c(F)c1.CC(C)(C)C(=O)c1c(F)c(F)c(N)c(F)c1F.CC(C)(C)C(=O)c1ccc(S(=O)(=O)F)cc1.CC(C)(C)C(=O)c1cncc(Br)c1.CC(C)(C)C(=O)c1nc(Cl)c(Cl)c(N)c1Cl. The maximum absolute atomic E-state index is 13.4. The lowest BCUT2D eigenvalue weighted by atomic mass is 9.85. The summed E-state index contributed by atoms with van der Waals surface area (Å²) in [4.78, 5) is 113. The van der Waals surface area contributed by atoms with Crippen molar-refractivity contribution >= 4 is 142 Å². The minimum Gasteiger partial charge on any atom is -0.505 e. The fraction of sp³-hybridized carbons (Fsp3) is 0.400. The van der Waals surface area contributed by atoms with E-state index in [0.29, 0.717) is 39.3 Å². The molecule has 35 heteroatoms. The van der Waals surface area contributed by atoms with E-state index >= 15 is 0 Å². The number of anilines is 2. The number of nitrogens with zero attached hydrogens (tertiary/aromatic N) is 2. The molecule has 1 unspecified atom stereocenters. The van der Waals surface area contributed by atoms with Gasteiger partial charge in [0.25, 0.3) is 0 Å². The van der Waals surface area contributed by atoms with Crippen LogP contribution in [0, 0.1) is 72.4 Å². The third-order valence-electron chi connectivity index (χ3n) is 17.6. The standard InChI is InChI=1S/C14H17ClO2.C14H15F3O.C13H15F3O2.C12H15FO2.C11H11F4NO.C11H13FO3S.C10H12BrNO.C10H11Cl3N2O/c1-14(2,3)13(17)9-8-12(16)10-4-6-11(15)7-5-10;1-13(2,3)12(18)9-6-10-4-7-11(8-5-10)14(15,16)17;1-12(2,3)11(18)10(17)8-4-6-9(7-5-8)13(14,15)16;1-12(2,3)11(15)7-8-4-5-10(14)9(13)6-8;1-11(2,3)10(17)4-5(12)7(14)9(16)8(15)6(4)13;1-11(2,3)10(13)8-4-6-9(7-5-8)16(12,14)15;1-10(2,3)9(13)7-4-8(11)6-12-5-7;1-10(2,3)8(16)7-4(11)6(14)5(12)9(13)15-7/h4-7H,8-9H2,1-3H3;4-9H,1-3H3;4-7,10,17H,1-3H3;4-6,14H,7H2,1-3H3;16H2,1-3H3;4-7H,1-3H3;4-6H,1-3H3;1-3H3,(H2,14,15)/b;9-6+;;;;;;. The first kappa shape index (κ1) is 119. The number of Topliss-reactive ketones (excluding diaryl/α,β-unsaturated/α-hetero) is 8. The number of benzene rings is 6. The highest BCUT2D eigenvalue weighted by atomic mass is 79.9. The Bertz CT molecular complexity index is 5460. The number of hydrogen-bond acceptors (Lipinski definition) is 17. The van der Waals surface area contributed by atoms with Crippen molar-refractivity contribution in [1.82, 2.24) is 9.97 Å². The Morgan fingerprint density at radius 2 is 0.892 bits per heavy atom. The van der Waals surface area contributed by atoms with Gasteiger partial charge in [0.2, 0.25) is 0 Å². The lowest BCUT2D eigenvalue weighted by Crippen LogP contribution is -2.26. The molecular formula is C95H109BrCl4F12N4O13S. The molecule has 712 valence electrons. The number of allylic oxidation sites excluding steroid dienone is 1. The molecule has 6 aromatic carbocycles. The van der Waals surface area contributed by atoms with Gasteiger partial charge in [-0.15, -0.1) is 3.89 Å². The Hall–Kier alpha value is -9.50. The average Bonchev–Trinajstić information content (AvgIpc) is 0.773. The van der Waals surface area contributed by atoms with Crippen molar-refractivity contribution in [2.75, 3.05) is 11.5 Å². The van der Waals surface area contributed by atoms with Gasteiger partial charge in [-0.2, -0.15) is 34.8 Å². The average molecular weight is 2000 g/mol. The van der Waals surface area contributed by atoms with E-state index in [-0.39, 0.29) is 102 Å². The number of ketones is 9. The van der Waals surface area contributed by atoms with Crippen molar-refractivity contribution < 1.29 is 114 Å². The lowest BCUT2D eigenvalue weighted by Gasteiger charge is -2.21. The smallest absolute Gasteiger partial charge is 0.416 e. The summed E-state index contributed by atoms with van der Waals surface area (Å²) in [5.41, 5.74) is 4.84. The van der Waals surface area contributed by atoms with Crippen molar-refractivity contribution in [2.24, 2.45) is 43.3 Å². The van der Waals surface area contributed by atoms with Gasteiger partial charge in [-0.05, 0) is 118 Å². The molecule has 0 fully saturated rings. The van der Waals surface area contributed by atoms with Gasteiger partial charge in [-0.25, -0.2) is 26.9 Å². The maximum Gasteiger partial charge on any atom is 0.416 e. The number of aliphatic hydroxyl groups is 1. The molecule has 8 rings (SSSR count). The molecule has 2 aromatic heterocycles. The fourth-order valence-corrected chi connectivity index (χ4v) is 11.1. The number of phenolic OH excluding ortho intramolecular Hbond substituents is 1. The van der Waals surface area contributed by atoms with Gasteiger partial charge in [0.05, 0.1) is 32.3 Å². The number of nitrogen functional groups attached to an aromatic ring is 2. The van der Waals surface area contributed by atoms with Crippen molar-refractivity contribution in [1.29, 1.82) is 0 Å². The highest BCUT2D eigenvalue weighted by Gasteiger charge is 2.37. The third-order valence-corrected chi connectivity index (χ3v) is 20.3. The molecule has 0 aliphatic carbocycles. The first-order chi connectivity index (χ1) is 58.5. The number of aliphatic hydroxyl groups excluding tert-OH is 1. The molecule has 1 atom stereocenters. The van der Waals surface area contributed by atoms with Crippen molar-refractivity contribution in [2.45, 2.75) is 209 Å². The number of halogens is 17. The Kier molecular flexibility index (Phi) is 43.5. The van der Waals surface area contributed by atoms with Crippen molar-refractivity contribution in [3.63, 3.8) is 0 Å². The van der Waals surface area contributed by atoms with E-state index in [2.05, 4.69) is 25.9 Å². The molecule has 0 radical (unpaired) electrons. The second kappa shape index (κ2) is 47.7. The number of carbonyl (C=O) groups is 9. The van der Waals surface area contributed by atoms with Gasteiger partial charge in [-0.1, -0.05) is 261 Å². The molecule has 0 bridgehead atoms. The fourth-order valence-electron chi connectivity index (χ4n) is 9.55. The molecule has 130 heavy (non-hydrogen) atoms. The summed E-state index contributed by atoms with van der Waals surface area (Å²) in [7, 11) is -4.69. The summed E-state index contributed by atoms with van der Waals surface area (Å²) in [5, 5.41) is 19.5. The van der Waals surface area contributed by atoms with Crippen LogP contribution in [-0.2, 0) is 48.2 Å². The summed E-state index contributed by atoms with van der Waals surface area (Å²) in [6, 6.07) is 26.0. The molecule has 17 nitrogen and oxygen atoms in total. The van der Waals surface area contributed by atoms with Crippen LogP contribution in [0.25, 0.3) is 6.08 Å². The van der Waals surface area contributed by atoms with E-state index < -0.39 is 129 Å². The van der Waals surface area contributed by atoms with E-state index in [1.54, 1.807) is 132 Å². The molecule has 0 aliphatic heterocycles. The Morgan fingerprint density at radius 3 is 1.28 bits per heavy atom. The molecule has 6 N–H and O–H groups in total. The van der Waals surface area contributed by atoms with Crippen molar-refractivity contribution in [3.05, 3.63) is 249 Å². The first-order valence-electron chi connectivity index (χ1n) is 39.4. The van der Waals surface area contributed by atoms with Crippen LogP contribution < -0.4 is 11.5 Å². The van der Waals surface area contributed by atoms with Crippen LogP contribution in [-0.4, -0.2) is 80.6 Å². The van der Waals surface area contributed by atoms with Gasteiger partial charge in [0, 0.05) is 101 Å². The Morgan fingerprint density at radius 1 is 0.469 bits per heavy atom. The van der Waals surface area contributed by atoms with Gasteiger partial charge < -0.3 is 21.7 Å².